The second kappa shape index (κ2) is 8.14. The van der Waals surface area contributed by atoms with E-state index in [2.05, 4.69) is 10.2 Å². The average molecular weight is 361 g/mol. The number of benzene rings is 1. The second-order valence-electron chi connectivity index (χ2n) is 7.12. The summed E-state index contributed by atoms with van der Waals surface area (Å²) in [7, 11) is 0. The summed E-state index contributed by atoms with van der Waals surface area (Å²) in [6.45, 7) is 6.16. The summed E-state index contributed by atoms with van der Waals surface area (Å²) in [5.74, 6) is 1.51. The largest absolute Gasteiger partial charge is 0.454 e. The lowest BCUT2D eigenvalue weighted by molar-refractivity contribution is 0.0746. The van der Waals surface area contributed by atoms with Crippen molar-refractivity contribution in [3.63, 3.8) is 0 Å². The summed E-state index contributed by atoms with van der Waals surface area (Å²) in [5.41, 5.74) is 1.01. The number of carbonyl (C=O) groups excluding carboxylic acids is 1. The van der Waals surface area contributed by atoms with Gasteiger partial charge in [-0.25, -0.2) is 4.79 Å². The number of fused-ring (bicyclic) bond motifs is 1. The quantitative estimate of drug-likeness (QED) is 0.886. The number of hydrogen-bond donors (Lipinski definition) is 1. The van der Waals surface area contributed by atoms with Crippen LogP contribution in [0.4, 0.5) is 4.79 Å². The van der Waals surface area contributed by atoms with E-state index < -0.39 is 0 Å². The normalized spacial score (nSPS) is 23.1. The summed E-state index contributed by atoms with van der Waals surface area (Å²) >= 11 is 0. The van der Waals surface area contributed by atoms with Crippen LogP contribution in [0.2, 0.25) is 0 Å². The van der Waals surface area contributed by atoms with E-state index >= 15 is 0 Å². The van der Waals surface area contributed by atoms with Crippen molar-refractivity contribution in [2.75, 3.05) is 46.1 Å². The summed E-state index contributed by atoms with van der Waals surface area (Å²) in [4.78, 5) is 16.9. The summed E-state index contributed by atoms with van der Waals surface area (Å²) in [6.07, 6.45) is 3.72. The highest BCUT2D eigenvalue weighted by molar-refractivity contribution is 5.74. The Morgan fingerprint density at radius 3 is 2.92 bits per heavy atom. The van der Waals surface area contributed by atoms with Crippen molar-refractivity contribution < 1.29 is 19.0 Å². The van der Waals surface area contributed by atoms with Crippen LogP contribution in [-0.4, -0.2) is 68.1 Å². The van der Waals surface area contributed by atoms with Gasteiger partial charge in [0.15, 0.2) is 11.5 Å². The number of hydrogen-bond acceptors (Lipinski definition) is 5. The molecule has 2 fully saturated rings. The van der Waals surface area contributed by atoms with Crippen LogP contribution in [0.1, 0.15) is 24.8 Å². The molecule has 1 atom stereocenters. The smallest absolute Gasteiger partial charge is 0.317 e. The number of rotatable bonds is 4. The highest BCUT2D eigenvalue weighted by Crippen LogP contribution is 2.32. The molecule has 3 aliphatic rings. The Kier molecular flexibility index (Phi) is 5.45. The molecule has 1 N–H and O–H groups in total. The maximum Gasteiger partial charge on any atom is 0.317 e. The first kappa shape index (κ1) is 17.4. The molecule has 0 aromatic heterocycles. The first-order chi connectivity index (χ1) is 12.8. The summed E-state index contributed by atoms with van der Waals surface area (Å²) in [6, 6.07) is 5.77. The Morgan fingerprint density at radius 1 is 1.12 bits per heavy atom. The highest BCUT2D eigenvalue weighted by Gasteiger charge is 2.23. The van der Waals surface area contributed by atoms with Crippen molar-refractivity contribution in [1.82, 2.24) is 15.1 Å². The van der Waals surface area contributed by atoms with Gasteiger partial charge in [-0.05, 0) is 43.5 Å². The van der Waals surface area contributed by atoms with E-state index in [0.717, 1.165) is 69.2 Å². The van der Waals surface area contributed by atoms with E-state index in [0.29, 0.717) is 12.6 Å². The zero-order valence-electron chi connectivity index (χ0n) is 15.1. The molecule has 0 saturated carbocycles. The minimum atomic E-state index is 0.00151. The molecule has 4 rings (SSSR count). The third-order valence-corrected chi connectivity index (χ3v) is 5.24. The molecular formula is C19H27N3O4. The first-order valence-corrected chi connectivity index (χ1v) is 9.53. The summed E-state index contributed by atoms with van der Waals surface area (Å²) in [5, 5.41) is 3.02. The lowest BCUT2D eigenvalue weighted by Crippen LogP contribution is -2.42. The Labute approximate surface area is 154 Å². The van der Waals surface area contributed by atoms with Crippen LogP contribution in [0.15, 0.2) is 18.2 Å². The predicted molar refractivity (Wildman–Crippen MR) is 96.4 cm³/mol. The number of urea groups is 1. The van der Waals surface area contributed by atoms with Crippen molar-refractivity contribution in [2.24, 2.45) is 0 Å². The van der Waals surface area contributed by atoms with Crippen molar-refractivity contribution >= 4 is 6.03 Å². The Bertz CT molecular complexity index is 633. The molecule has 26 heavy (non-hydrogen) atoms. The molecule has 7 nitrogen and oxygen atoms in total. The van der Waals surface area contributed by atoms with E-state index in [1.54, 1.807) is 0 Å². The Hall–Kier alpha value is -1.99. The van der Waals surface area contributed by atoms with Gasteiger partial charge in [0.2, 0.25) is 6.79 Å². The molecule has 2 amide bonds. The number of carbonyl (C=O) groups is 1. The lowest BCUT2D eigenvalue weighted by atomic mass is 10.2. The van der Waals surface area contributed by atoms with Crippen molar-refractivity contribution in [1.29, 1.82) is 0 Å². The van der Waals surface area contributed by atoms with Gasteiger partial charge in [0, 0.05) is 39.3 Å². The van der Waals surface area contributed by atoms with E-state index in [1.165, 1.54) is 6.42 Å². The molecule has 7 heteroatoms. The third kappa shape index (κ3) is 4.22. The fraction of sp³-hybridized carbons (Fsp3) is 0.632. The van der Waals surface area contributed by atoms with Crippen LogP contribution in [-0.2, 0) is 11.3 Å². The minimum absolute atomic E-state index is 0.00151. The van der Waals surface area contributed by atoms with Crippen molar-refractivity contribution in [3.8, 4) is 11.5 Å². The van der Waals surface area contributed by atoms with E-state index in [4.69, 9.17) is 14.2 Å². The molecule has 3 aliphatic heterocycles. The van der Waals surface area contributed by atoms with Crippen molar-refractivity contribution in [3.05, 3.63) is 23.8 Å². The third-order valence-electron chi connectivity index (χ3n) is 5.24. The zero-order chi connectivity index (χ0) is 17.8. The number of nitrogens with one attached hydrogen (secondary N) is 1. The van der Waals surface area contributed by atoms with Crippen LogP contribution >= 0.6 is 0 Å². The van der Waals surface area contributed by atoms with Crippen LogP contribution < -0.4 is 14.8 Å². The fourth-order valence-electron chi connectivity index (χ4n) is 3.77. The second-order valence-corrected chi connectivity index (χ2v) is 7.12. The SMILES string of the molecule is O=C(NCc1ccc2c(c1)OCO2)N1CCCN(C[C@@H]2CCCO2)CC1. The number of nitrogens with zero attached hydrogens (tertiary/aromatic N) is 2. The van der Waals surface area contributed by atoms with Crippen LogP contribution in [0.5, 0.6) is 11.5 Å². The van der Waals surface area contributed by atoms with E-state index in [9.17, 15) is 4.79 Å². The van der Waals surface area contributed by atoms with Gasteiger partial charge in [0.25, 0.3) is 0 Å². The van der Waals surface area contributed by atoms with E-state index in [-0.39, 0.29) is 12.8 Å². The molecule has 0 bridgehead atoms. The van der Waals surface area contributed by atoms with Gasteiger partial charge in [-0.15, -0.1) is 0 Å². The number of ether oxygens (including phenoxy) is 3. The van der Waals surface area contributed by atoms with Gasteiger partial charge in [0.05, 0.1) is 6.10 Å². The monoisotopic (exact) mass is 361 g/mol. The standard InChI is InChI=1S/C19H27N3O4/c23-19(20-12-15-4-5-17-18(11-15)26-14-25-17)22-7-2-6-21(8-9-22)13-16-3-1-10-24-16/h4-5,11,16H,1-3,6-10,12-14H2,(H,20,23)/t16-/m0/s1. The highest BCUT2D eigenvalue weighted by atomic mass is 16.7. The van der Waals surface area contributed by atoms with Crippen LogP contribution in [0.25, 0.3) is 0 Å². The molecule has 1 aromatic carbocycles. The van der Waals surface area contributed by atoms with Gasteiger partial charge in [-0.2, -0.15) is 0 Å². The molecule has 0 aliphatic carbocycles. The molecule has 0 radical (unpaired) electrons. The molecule has 2 saturated heterocycles. The van der Waals surface area contributed by atoms with Gasteiger partial charge in [-0.3, -0.25) is 4.90 Å². The Balaban J connectivity index is 1.24. The van der Waals surface area contributed by atoms with Gasteiger partial charge in [-0.1, -0.05) is 6.07 Å². The van der Waals surface area contributed by atoms with Crippen molar-refractivity contribution in [2.45, 2.75) is 31.9 Å². The topological polar surface area (TPSA) is 63.3 Å². The molecule has 0 spiro atoms. The Morgan fingerprint density at radius 2 is 2.04 bits per heavy atom. The fourth-order valence-corrected chi connectivity index (χ4v) is 3.77. The maximum atomic E-state index is 12.5. The molecule has 142 valence electrons. The van der Waals surface area contributed by atoms with Gasteiger partial charge < -0.3 is 24.4 Å². The first-order valence-electron chi connectivity index (χ1n) is 9.53. The molecule has 1 aromatic rings. The summed E-state index contributed by atoms with van der Waals surface area (Å²) < 4.78 is 16.4. The minimum Gasteiger partial charge on any atom is -0.454 e. The molecule has 0 unspecified atom stereocenters. The van der Waals surface area contributed by atoms with Gasteiger partial charge in [0.1, 0.15) is 0 Å². The average Bonchev–Trinajstić information content (AvgIpc) is 3.27. The van der Waals surface area contributed by atoms with Crippen LogP contribution in [0, 0.1) is 0 Å². The lowest BCUT2D eigenvalue weighted by Gasteiger charge is -2.24. The molecule has 3 heterocycles. The van der Waals surface area contributed by atoms with E-state index in [1.807, 2.05) is 23.1 Å². The van der Waals surface area contributed by atoms with Gasteiger partial charge >= 0.3 is 6.03 Å². The molecular weight excluding hydrogens is 334 g/mol. The maximum absolute atomic E-state index is 12.5. The predicted octanol–water partition coefficient (Wildman–Crippen LogP) is 1.81. The van der Waals surface area contributed by atoms with Crippen LogP contribution in [0.3, 0.4) is 0 Å². The number of amides is 2. The zero-order valence-corrected chi connectivity index (χ0v) is 15.1.